The SMILES string of the molecule is COc1cc(/C=C/C(=O)NCC(O)c2csc3ccccc23)cc(OC)c1OC. The number of benzene rings is 2. The summed E-state index contributed by atoms with van der Waals surface area (Å²) in [5.41, 5.74) is 1.54. The van der Waals surface area contributed by atoms with Crippen molar-refractivity contribution in [3.63, 3.8) is 0 Å². The Balaban J connectivity index is 1.65. The molecule has 0 spiro atoms. The molecule has 2 N–H and O–H groups in total. The third-order valence-corrected chi connectivity index (χ3v) is 5.44. The number of aliphatic hydroxyl groups excluding tert-OH is 1. The average Bonchev–Trinajstić information content (AvgIpc) is 3.19. The maximum atomic E-state index is 12.2. The second-order valence-electron chi connectivity index (χ2n) is 6.24. The summed E-state index contributed by atoms with van der Waals surface area (Å²) in [4.78, 5) is 12.2. The third kappa shape index (κ3) is 4.70. The van der Waals surface area contributed by atoms with E-state index in [4.69, 9.17) is 14.2 Å². The lowest BCUT2D eigenvalue weighted by Gasteiger charge is -2.13. The van der Waals surface area contributed by atoms with Gasteiger partial charge in [0.2, 0.25) is 11.7 Å². The highest BCUT2D eigenvalue weighted by molar-refractivity contribution is 7.17. The van der Waals surface area contributed by atoms with Crippen molar-refractivity contribution >= 4 is 33.4 Å². The van der Waals surface area contributed by atoms with Gasteiger partial charge in [0, 0.05) is 22.9 Å². The summed E-state index contributed by atoms with van der Waals surface area (Å²) in [6.07, 6.45) is 2.27. The molecule has 152 valence electrons. The summed E-state index contributed by atoms with van der Waals surface area (Å²) < 4.78 is 17.0. The van der Waals surface area contributed by atoms with Crippen LogP contribution in [0.5, 0.6) is 17.2 Å². The van der Waals surface area contributed by atoms with Crippen LogP contribution >= 0.6 is 11.3 Å². The molecule has 0 radical (unpaired) electrons. The summed E-state index contributed by atoms with van der Waals surface area (Å²) in [6.45, 7) is 0.124. The molecular formula is C22H23NO5S. The number of hydrogen-bond acceptors (Lipinski definition) is 6. The Labute approximate surface area is 173 Å². The zero-order valence-corrected chi connectivity index (χ0v) is 17.3. The van der Waals surface area contributed by atoms with Crippen molar-refractivity contribution in [1.82, 2.24) is 5.32 Å². The van der Waals surface area contributed by atoms with Crippen LogP contribution in [0.3, 0.4) is 0 Å². The van der Waals surface area contributed by atoms with Gasteiger partial charge in [0.15, 0.2) is 11.5 Å². The van der Waals surface area contributed by atoms with E-state index in [-0.39, 0.29) is 12.5 Å². The molecule has 1 aromatic heterocycles. The zero-order chi connectivity index (χ0) is 20.8. The normalized spacial score (nSPS) is 12.1. The van der Waals surface area contributed by atoms with Gasteiger partial charge in [0.25, 0.3) is 0 Å². The molecule has 1 heterocycles. The first-order chi connectivity index (χ1) is 14.1. The summed E-state index contributed by atoms with van der Waals surface area (Å²) in [5, 5.41) is 16.1. The van der Waals surface area contributed by atoms with Gasteiger partial charge < -0.3 is 24.6 Å². The molecule has 1 amide bonds. The predicted molar refractivity (Wildman–Crippen MR) is 115 cm³/mol. The van der Waals surface area contributed by atoms with Crippen LogP contribution in [0.2, 0.25) is 0 Å². The smallest absolute Gasteiger partial charge is 0.244 e. The van der Waals surface area contributed by atoms with Crippen LogP contribution in [-0.2, 0) is 4.79 Å². The minimum atomic E-state index is -0.773. The second kappa shape index (κ2) is 9.45. The summed E-state index contributed by atoms with van der Waals surface area (Å²) in [6, 6.07) is 11.4. The Kier molecular flexibility index (Phi) is 6.74. The van der Waals surface area contributed by atoms with Gasteiger partial charge in [-0.2, -0.15) is 0 Å². The number of carbonyl (C=O) groups excluding carboxylic acids is 1. The number of rotatable bonds is 8. The van der Waals surface area contributed by atoms with E-state index in [1.54, 1.807) is 29.5 Å². The highest BCUT2D eigenvalue weighted by Gasteiger charge is 2.14. The van der Waals surface area contributed by atoms with Gasteiger partial charge >= 0.3 is 0 Å². The summed E-state index contributed by atoms with van der Waals surface area (Å²) in [7, 11) is 4.60. The van der Waals surface area contributed by atoms with Crippen molar-refractivity contribution < 1.29 is 24.1 Å². The maximum absolute atomic E-state index is 12.2. The average molecular weight is 413 g/mol. The number of hydrogen-bond donors (Lipinski definition) is 2. The van der Waals surface area contributed by atoms with E-state index in [9.17, 15) is 9.90 Å². The number of methoxy groups -OCH3 is 3. The first-order valence-corrected chi connectivity index (χ1v) is 9.85. The lowest BCUT2D eigenvalue weighted by atomic mass is 10.1. The zero-order valence-electron chi connectivity index (χ0n) is 16.5. The third-order valence-electron chi connectivity index (χ3n) is 4.45. The minimum absolute atomic E-state index is 0.124. The Hall–Kier alpha value is -3.03. The highest BCUT2D eigenvalue weighted by atomic mass is 32.1. The number of thiophene rings is 1. The van der Waals surface area contributed by atoms with Gasteiger partial charge in [-0.3, -0.25) is 4.79 Å². The molecule has 3 rings (SSSR count). The number of aliphatic hydroxyl groups is 1. The van der Waals surface area contributed by atoms with Gasteiger partial charge in [-0.1, -0.05) is 18.2 Å². The number of ether oxygens (including phenoxy) is 3. The van der Waals surface area contributed by atoms with Crippen LogP contribution in [-0.4, -0.2) is 38.9 Å². The molecule has 6 nitrogen and oxygen atoms in total. The van der Waals surface area contributed by atoms with Gasteiger partial charge in [0.1, 0.15) is 0 Å². The quantitative estimate of drug-likeness (QED) is 0.550. The highest BCUT2D eigenvalue weighted by Crippen LogP contribution is 2.38. The van der Waals surface area contributed by atoms with E-state index in [0.29, 0.717) is 17.2 Å². The van der Waals surface area contributed by atoms with Crippen molar-refractivity contribution in [2.45, 2.75) is 6.10 Å². The topological polar surface area (TPSA) is 77.0 Å². The molecule has 0 saturated heterocycles. The van der Waals surface area contributed by atoms with Crippen molar-refractivity contribution in [2.24, 2.45) is 0 Å². The van der Waals surface area contributed by atoms with Gasteiger partial charge in [0.05, 0.1) is 27.4 Å². The monoisotopic (exact) mass is 413 g/mol. The first kappa shape index (κ1) is 20.7. The van der Waals surface area contributed by atoms with Crippen LogP contribution in [0.15, 0.2) is 47.9 Å². The fourth-order valence-electron chi connectivity index (χ4n) is 2.99. The first-order valence-electron chi connectivity index (χ1n) is 8.97. The molecule has 2 aromatic carbocycles. The number of amides is 1. The second-order valence-corrected chi connectivity index (χ2v) is 7.15. The standard InChI is InChI=1S/C22H23NO5S/c1-26-18-10-14(11-19(27-2)22(18)28-3)8-9-21(25)23-12-17(24)16-13-29-20-7-5-4-6-15(16)20/h4-11,13,17,24H,12H2,1-3H3,(H,23,25)/b9-8+. The number of fused-ring (bicyclic) bond motifs is 1. The molecule has 0 bridgehead atoms. The summed E-state index contributed by atoms with van der Waals surface area (Å²) >= 11 is 1.57. The van der Waals surface area contributed by atoms with Crippen LogP contribution < -0.4 is 19.5 Å². The Morgan fingerprint density at radius 2 is 1.83 bits per heavy atom. The molecule has 29 heavy (non-hydrogen) atoms. The van der Waals surface area contributed by atoms with E-state index >= 15 is 0 Å². The maximum Gasteiger partial charge on any atom is 0.244 e. The molecule has 0 fully saturated rings. The van der Waals surface area contributed by atoms with E-state index in [1.807, 2.05) is 29.6 Å². The fraction of sp³-hybridized carbons (Fsp3) is 0.227. The molecule has 0 aliphatic heterocycles. The minimum Gasteiger partial charge on any atom is -0.493 e. The predicted octanol–water partition coefficient (Wildman–Crippen LogP) is 3.79. The molecule has 3 aromatic rings. The van der Waals surface area contributed by atoms with Crippen molar-refractivity contribution in [3.8, 4) is 17.2 Å². The number of carbonyl (C=O) groups is 1. The molecule has 7 heteroatoms. The lowest BCUT2D eigenvalue weighted by molar-refractivity contribution is -0.116. The van der Waals surface area contributed by atoms with Gasteiger partial charge in [-0.25, -0.2) is 0 Å². The largest absolute Gasteiger partial charge is 0.493 e. The fourth-order valence-corrected chi connectivity index (χ4v) is 4.00. The van der Waals surface area contributed by atoms with Crippen LogP contribution in [0.25, 0.3) is 16.2 Å². The summed E-state index contributed by atoms with van der Waals surface area (Å²) in [5.74, 6) is 1.19. The Morgan fingerprint density at radius 3 is 2.48 bits per heavy atom. The van der Waals surface area contributed by atoms with Crippen molar-refractivity contribution in [2.75, 3.05) is 27.9 Å². The molecule has 1 atom stereocenters. The van der Waals surface area contributed by atoms with Crippen molar-refractivity contribution in [1.29, 1.82) is 0 Å². The molecular weight excluding hydrogens is 390 g/mol. The van der Waals surface area contributed by atoms with Crippen molar-refractivity contribution in [3.05, 3.63) is 59.0 Å². The van der Waals surface area contributed by atoms with E-state index in [2.05, 4.69) is 5.32 Å². The van der Waals surface area contributed by atoms with E-state index in [1.165, 1.54) is 27.4 Å². The van der Waals surface area contributed by atoms with Gasteiger partial charge in [-0.05, 0) is 40.6 Å². The van der Waals surface area contributed by atoms with Crippen LogP contribution in [0.4, 0.5) is 0 Å². The molecule has 0 aliphatic carbocycles. The van der Waals surface area contributed by atoms with Gasteiger partial charge in [-0.15, -0.1) is 11.3 Å². The van der Waals surface area contributed by atoms with Crippen LogP contribution in [0.1, 0.15) is 17.2 Å². The number of nitrogens with one attached hydrogen (secondary N) is 1. The molecule has 0 saturated carbocycles. The molecule has 0 aliphatic rings. The van der Waals surface area contributed by atoms with E-state index in [0.717, 1.165) is 21.2 Å². The lowest BCUT2D eigenvalue weighted by Crippen LogP contribution is -2.26. The Morgan fingerprint density at radius 1 is 1.14 bits per heavy atom. The van der Waals surface area contributed by atoms with E-state index < -0.39 is 6.10 Å². The van der Waals surface area contributed by atoms with Crippen LogP contribution in [0, 0.1) is 0 Å². The Bertz CT molecular complexity index is 1000. The molecule has 1 unspecified atom stereocenters.